The molecule has 1 N–H and O–H groups in total. The summed E-state index contributed by atoms with van der Waals surface area (Å²) in [6.45, 7) is 5.55. The molecule has 3 saturated heterocycles. The van der Waals surface area contributed by atoms with Crippen LogP contribution in [0.5, 0.6) is 5.75 Å². The van der Waals surface area contributed by atoms with Gasteiger partial charge in [0.05, 0.1) is 0 Å². The van der Waals surface area contributed by atoms with Crippen molar-refractivity contribution in [2.75, 3.05) is 26.2 Å². The molecule has 3 heterocycles. The Labute approximate surface area is 132 Å². The van der Waals surface area contributed by atoms with Crippen LogP contribution in [0.15, 0.2) is 30.3 Å². The van der Waals surface area contributed by atoms with E-state index >= 15 is 0 Å². The van der Waals surface area contributed by atoms with E-state index in [1.54, 1.807) is 0 Å². The van der Waals surface area contributed by atoms with Gasteiger partial charge in [-0.25, -0.2) is 0 Å². The predicted molar refractivity (Wildman–Crippen MR) is 86.8 cm³/mol. The molecule has 1 aromatic carbocycles. The molecule has 4 atom stereocenters. The fourth-order valence-electron chi connectivity index (χ4n) is 3.87. The molecule has 4 nitrogen and oxygen atoms in total. The summed E-state index contributed by atoms with van der Waals surface area (Å²) in [5, 5.41) is 3.03. The number of carbonyl (C=O) groups is 1. The third kappa shape index (κ3) is 3.61. The van der Waals surface area contributed by atoms with Crippen LogP contribution < -0.4 is 10.1 Å². The van der Waals surface area contributed by atoms with Crippen molar-refractivity contribution in [1.29, 1.82) is 0 Å². The van der Waals surface area contributed by atoms with Gasteiger partial charge in [0.1, 0.15) is 5.75 Å². The van der Waals surface area contributed by atoms with Crippen LogP contribution in [-0.4, -0.2) is 43.1 Å². The summed E-state index contributed by atoms with van der Waals surface area (Å²) < 4.78 is 5.48. The highest BCUT2D eigenvalue weighted by atomic mass is 16.5. The second-order valence-corrected chi connectivity index (χ2v) is 6.51. The standard InChI is InChI=1S/C18H26N2O2/c1-2-14-12-20-9-8-15(14)10-16(20)11-19-18(21)13-22-17-6-4-3-5-7-17/h3-7,14-16H,2,8-13H2,1H3,(H,19,21). The van der Waals surface area contributed by atoms with Gasteiger partial charge in [0.2, 0.25) is 0 Å². The monoisotopic (exact) mass is 302 g/mol. The molecule has 4 heteroatoms. The van der Waals surface area contributed by atoms with Crippen molar-refractivity contribution in [2.24, 2.45) is 11.8 Å². The summed E-state index contributed by atoms with van der Waals surface area (Å²) in [7, 11) is 0. The van der Waals surface area contributed by atoms with Crippen molar-refractivity contribution in [2.45, 2.75) is 32.2 Å². The highest BCUT2D eigenvalue weighted by Gasteiger charge is 2.38. The van der Waals surface area contributed by atoms with Gasteiger partial charge >= 0.3 is 0 Å². The van der Waals surface area contributed by atoms with E-state index in [0.717, 1.165) is 24.1 Å². The summed E-state index contributed by atoms with van der Waals surface area (Å²) in [5.74, 6) is 2.43. The number of fused-ring (bicyclic) bond motifs is 3. The number of rotatable bonds is 6. The molecule has 0 aromatic heterocycles. The molecule has 4 rings (SSSR count). The van der Waals surface area contributed by atoms with Gasteiger partial charge in [-0.1, -0.05) is 31.5 Å². The lowest BCUT2D eigenvalue weighted by atomic mass is 9.74. The average Bonchev–Trinajstić information content (AvgIpc) is 2.59. The zero-order chi connectivity index (χ0) is 15.4. The van der Waals surface area contributed by atoms with E-state index in [0.29, 0.717) is 6.04 Å². The van der Waals surface area contributed by atoms with Crippen molar-refractivity contribution in [3.05, 3.63) is 30.3 Å². The maximum atomic E-state index is 11.9. The van der Waals surface area contributed by atoms with Crippen LogP contribution >= 0.6 is 0 Å². The van der Waals surface area contributed by atoms with Crippen molar-refractivity contribution in [3.8, 4) is 5.75 Å². The number of hydrogen-bond donors (Lipinski definition) is 1. The van der Waals surface area contributed by atoms with E-state index < -0.39 is 0 Å². The number of para-hydroxylation sites is 1. The van der Waals surface area contributed by atoms with E-state index in [1.807, 2.05) is 30.3 Å². The maximum Gasteiger partial charge on any atom is 0.257 e. The lowest BCUT2D eigenvalue weighted by molar-refractivity contribution is -0.123. The minimum atomic E-state index is -0.0291. The van der Waals surface area contributed by atoms with Gasteiger partial charge in [0.15, 0.2) is 6.61 Å². The van der Waals surface area contributed by atoms with E-state index in [2.05, 4.69) is 17.1 Å². The Bertz CT molecular complexity index is 491. The number of amides is 1. The molecular weight excluding hydrogens is 276 g/mol. The van der Waals surface area contributed by atoms with Crippen molar-refractivity contribution in [3.63, 3.8) is 0 Å². The highest BCUT2D eigenvalue weighted by Crippen LogP contribution is 2.37. The molecule has 0 aliphatic carbocycles. The van der Waals surface area contributed by atoms with Crippen LogP contribution in [0.3, 0.4) is 0 Å². The van der Waals surface area contributed by atoms with Crippen LogP contribution in [0.1, 0.15) is 26.2 Å². The number of nitrogens with zero attached hydrogens (tertiary/aromatic N) is 1. The molecule has 0 radical (unpaired) electrons. The Morgan fingerprint density at radius 2 is 2.18 bits per heavy atom. The van der Waals surface area contributed by atoms with Crippen molar-refractivity contribution in [1.82, 2.24) is 10.2 Å². The van der Waals surface area contributed by atoms with Crippen LogP contribution in [0.2, 0.25) is 0 Å². The molecule has 1 aromatic rings. The molecule has 3 fully saturated rings. The number of nitrogens with one attached hydrogen (secondary N) is 1. The third-order valence-electron chi connectivity index (χ3n) is 5.19. The summed E-state index contributed by atoms with van der Waals surface area (Å²) in [6.07, 6.45) is 3.85. The SMILES string of the molecule is CCC1CN2CCC1CC2CNC(=O)COc1ccccc1. The first-order chi connectivity index (χ1) is 10.8. The van der Waals surface area contributed by atoms with Crippen LogP contribution in [0.4, 0.5) is 0 Å². The summed E-state index contributed by atoms with van der Waals surface area (Å²) >= 11 is 0. The molecule has 1 amide bonds. The normalized spacial score (nSPS) is 30.0. The fourth-order valence-corrected chi connectivity index (χ4v) is 3.87. The van der Waals surface area contributed by atoms with Gasteiger partial charge in [0.25, 0.3) is 5.91 Å². The molecule has 120 valence electrons. The number of ether oxygens (including phenoxy) is 1. The predicted octanol–water partition coefficient (Wildman–Crippen LogP) is 2.30. The van der Waals surface area contributed by atoms with Gasteiger partial charge in [-0.3, -0.25) is 9.69 Å². The maximum absolute atomic E-state index is 11.9. The first-order valence-electron chi connectivity index (χ1n) is 8.45. The van der Waals surface area contributed by atoms with Gasteiger partial charge in [0, 0.05) is 19.1 Å². The van der Waals surface area contributed by atoms with Gasteiger partial charge in [-0.2, -0.15) is 0 Å². The second kappa shape index (κ2) is 7.14. The minimum absolute atomic E-state index is 0.0291. The Kier molecular flexibility index (Phi) is 4.98. The van der Waals surface area contributed by atoms with Gasteiger partial charge in [-0.15, -0.1) is 0 Å². The number of hydrogen-bond acceptors (Lipinski definition) is 3. The first kappa shape index (κ1) is 15.3. The van der Waals surface area contributed by atoms with Crippen LogP contribution in [0.25, 0.3) is 0 Å². The van der Waals surface area contributed by atoms with Crippen molar-refractivity contribution >= 4 is 5.91 Å². The molecule has 3 aliphatic heterocycles. The summed E-state index contributed by atoms with van der Waals surface area (Å²) in [5.41, 5.74) is 0. The fraction of sp³-hybridized carbons (Fsp3) is 0.611. The van der Waals surface area contributed by atoms with E-state index in [-0.39, 0.29) is 12.5 Å². The van der Waals surface area contributed by atoms with Crippen LogP contribution in [0, 0.1) is 11.8 Å². The number of carbonyl (C=O) groups excluding carboxylic acids is 1. The quantitative estimate of drug-likeness (QED) is 0.877. The third-order valence-corrected chi connectivity index (χ3v) is 5.19. The second-order valence-electron chi connectivity index (χ2n) is 6.51. The zero-order valence-corrected chi connectivity index (χ0v) is 13.3. The van der Waals surface area contributed by atoms with Crippen LogP contribution in [-0.2, 0) is 4.79 Å². The zero-order valence-electron chi connectivity index (χ0n) is 13.3. The molecule has 0 spiro atoms. The summed E-state index contributed by atoms with van der Waals surface area (Å²) in [6, 6.07) is 9.99. The molecule has 2 bridgehead atoms. The minimum Gasteiger partial charge on any atom is -0.484 e. The lowest BCUT2D eigenvalue weighted by Crippen LogP contribution is -2.56. The summed E-state index contributed by atoms with van der Waals surface area (Å²) in [4.78, 5) is 14.5. The van der Waals surface area contributed by atoms with Crippen molar-refractivity contribution < 1.29 is 9.53 Å². The molecule has 22 heavy (non-hydrogen) atoms. The van der Waals surface area contributed by atoms with Gasteiger partial charge in [-0.05, 0) is 43.4 Å². The molecule has 0 saturated carbocycles. The Hall–Kier alpha value is -1.55. The largest absolute Gasteiger partial charge is 0.484 e. The van der Waals surface area contributed by atoms with E-state index in [1.165, 1.54) is 32.4 Å². The first-order valence-corrected chi connectivity index (χ1v) is 8.45. The Morgan fingerprint density at radius 1 is 1.36 bits per heavy atom. The molecule has 4 unspecified atom stereocenters. The Balaban J connectivity index is 1.40. The smallest absolute Gasteiger partial charge is 0.257 e. The van der Waals surface area contributed by atoms with E-state index in [4.69, 9.17) is 4.74 Å². The number of benzene rings is 1. The van der Waals surface area contributed by atoms with Gasteiger partial charge < -0.3 is 10.1 Å². The lowest BCUT2D eigenvalue weighted by Gasteiger charge is -2.50. The molecular formula is C18H26N2O2. The Morgan fingerprint density at radius 3 is 2.86 bits per heavy atom. The molecule has 3 aliphatic rings. The average molecular weight is 302 g/mol. The number of piperidine rings is 3. The topological polar surface area (TPSA) is 41.6 Å². The van der Waals surface area contributed by atoms with E-state index in [9.17, 15) is 4.79 Å². The highest BCUT2D eigenvalue weighted by molar-refractivity contribution is 5.77.